The van der Waals surface area contributed by atoms with Gasteiger partial charge in [-0.1, -0.05) is 30.3 Å². The molecule has 4 rings (SSSR count). The Hall–Kier alpha value is -2.93. The van der Waals surface area contributed by atoms with Crippen molar-refractivity contribution in [3.63, 3.8) is 0 Å². The van der Waals surface area contributed by atoms with Crippen LogP contribution in [0, 0.1) is 17.2 Å². The van der Waals surface area contributed by atoms with Gasteiger partial charge >= 0.3 is 0 Å². The summed E-state index contributed by atoms with van der Waals surface area (Å²) < 4.78 is 19.4. The maximum absolute atomic E-state index is 14.4. The monoisotopic (exact) mass is 412 g/mol. The number of likely N-dealkylation sites (tertiary alicyclic amines) is 1. The highest BCUT2D eigenvalue weighted by Crippen LogP contribution is 2.68. The third-order valence-corrected chi connectivity index (χ3v) is 6.46. The van der Waals surface area contributed by atoms with Crippen molar-refractivity contribution in [2.45, 2.75) is 18.9 Å². The van der Waals surface area contributed by atoms with Crippen LogP contribution < -0.4 is 10.1 Å². The first-order chi connectivity index (χ1) is 14.4. The van der Waals surface area contributed by atoms with Crippen LogP contribution in [-0.2, 0) is 4.79 Å². The van der Waals surface area contributed by atoms with Crippen molar-refractivity contribution in [2.75, 3.05) is 26.7 Å². The predicted molar refractivity (Wildman–Crippen MR) is 109 cm³/mol. The van der Waals surface area contributed by atoms with E-state index in [4.69, 9.17) is 4.74 Å². The lowest BCUT2D eigenvalue weighted by Gasteiger charge is -2.17. The molecule has 0 aromatic heterocycles. The fraction of sp³-hybridized carbons (Fsp3) is 0.391. The minimum absolute atomic E-state index is 0.00249. The number of aliphatic hydroxyl groups is 1. The van der Waals surface area contributed by atoms with E-state index in [-0.39, 0.29) is 29.9 Å². The highest BCUT2D eigenvalue weighted by Gasteiger charge is 2.71. The molecule has 1 saturated carbocycles. The van der Waals surface area contributed by atoms with Crippen LogP contribution in [0.15, 0.2) is 48.5 Å². The highest BCUT2D eigenvalue weighted by molar-refractivity contribution is 5.95. The number of hydrogen-bond donors (Lipinski definition) is 2. The van der Waals surface area contributed by atoms with Crippen LogP contribution in [0.25, 0.3) is 0 Å². The zero-order chi connectivity index (χ0) is 21.5. The second-order valence-electron chi connectivity index (χ2n) is 8.09. The third-order valence-electron chi connectivity index (χ3n) is 6.46. The number of rotatable bonds is 5. The minimum Gasteiger partial charge on any atom is -0.497 e. The highest BCUT2D eigenvalue weighted by atomic mass is 19.1. The normalized spacial score (nSPS) is 27.2. The van der Waals surface area contributed by atoms with Gasteiger partial charge in [-0.15, -0.1) is 0 Å². The average molecular weight is 412 g/mol. The SMILES string of the molecule is COc1ccc(C(=O)N2C[C@@H](O)[C@@]3(C2)[C@H](CNC(C)=O)[C@H]3c2ccccc2)c(F)c1. The second kappa shape index (κ2) is 7.72. The first-order valence-electron chi connectivity index (χ1n) is 9.98. The quantitative estimate of drug-likeness (QED) is 0.789. The number of carbonyl (C=O) groups is 2. The van der Waals surface area contributed by atoms with Gasteiger partial charge in [-0.25, -0.2) is 4.39 Å². The van der Waals surface area contributed by atoms with E-state index < -0.39 is 23.2 Å². The maximum atomic E-state index is 14.4. The molecule has 1 saturated heterocycles. The third kappa shape index (κ3) is 3.33. The molecule has 4 atom stereocenters. The lowest BCUT2D eigenvalue weighted by molar-refractivity contribution is -0.119. The second-order valence-corrected chi connectivity index (χ2v) is 8.09. The van der Waals surface area contributed by atoms with Crippen molar-refractivity contribution in [1.82, 2.24) is 10.2 Å². The Morgan fingerprint density at radius 3 is 2.63 bits per heavy atom. The summed E-state index contributed by atoms with van der Waals surface area (Å²) >= 11 is 0. The molecule has 158 valence electrons. The van der Waals surface area contributed by atoms with Gasteiger partial charge in [0.05, 0.1) is 18.8 Å². The molecule has 6 nitrogen and oxygen atoms in total. The van der Waals surface area contributed by atoms with Crippen LogP contribution in [0.3, 0.4) is 0 Å². The summed E-state index contributed by atoms with van der Waals surface area (Å²) in [6.45, 7) is 2.32. The lowest BCUT2D eigenvalue weighted by atomic mass is 9.95. The summed E-state index contributed by atoms with van der Waals surface area (Å²) in [6.07, 6.45) is -0.758. The smallest absolute Gasteiger partial charge is 0.256 e. The summed E-state index contributed by atoms with van der Waals surface area (Å²) in [6, 6.07) is 13.9. The van der Waals surface area contributed by atoms with Crippen molar-refractivity contribution in [2.24, 2.45) is 11.3 Å². The number of benzene rings is 2. The van der Waals surface area contributed by atoms with E-state index in [1.165, 1.54) is 31.1 Å². The van der Waals surface area contributed by atoms with Crippen LogP contribution in [-0.4, -0.2) is 54.7 Å². The van der Waals surface area contributed by atoms with Crippen LogP contribution in [0.5, 0.6) is 5.75 Å². The van der Waals surface area contributed by atoms with Crippen molar-refractivity contribution in [3.8, 4) is 5.75 Å². The van der Waals surface area contributed by atoms with Crippen molar-refractivity contribution < 1.29 is 23.8 Å². The standard InChI is InChI=1S/C23H25FN2O4/c1-14(27)25-11-18-21(15-6-4-3-5-7-15)23(18)13-26(12-20(23)28)22(29)17-9-8-16(30-2)10-19(17)24/h3-10,18,20-21,28H,11-13H2,1-2H3,(H,25,27)/t18-,20-,21-,23-/m1/s1. The first-order valence-corrected chi connectivity index (χ1v) is 9.98. The topological polar surface area (TPSA) is 78.9 Å². The van der Waals surface area contributed by atoms with E-state index in [2.05, 4.69) is 5.32 Å². The predicted octanol–water partition coefficient (Wildman–Crippen LogP) is 2.19. The van der Waals surface area contributed by atoms with Crippen molar-refractivity contribution in [1.29, 1.82) is 0 Å². The van der Waals surface area contributed by atoms with Crippen molar-refractivity contribution in [3.05, 3.63) is 65.5 Å². The van der Waals surface area contributed by atoms with Gasteiger partial charge in [0.25, 0.3) is 5.91 Å². The van der Waals surface area contributed by atoms with Gasteiger partial charge in [0, 0.05) is 38.0 Å². The Morgan fingerprint density at radius 1 is 1.27 bits per heavy atom. The molecule has 0 unspecified atom stereocenters. The molecule has 2 aliphatic rings. The number of nitrogens with one attached hydrogen (secondary N) is 1. The molecule has 2 aromatic carbocycles. The van der Waals surface area contributed by atoms with Crippen molar-refractivity contribution >= 4 is 11.8 Å². The van der Waals surface area contributed by atoms with Crippen LogP contribution in [0.1, 0.15) is 28.8 Å². The molecule has 0 bridgehead atoms. The molecule has 1 spiro atoms. The minimum atomic E-state index is -0.758. The molecule has 2 aromatic rings. The average Bonchev–Trinajstić information content (AvgIpc) is 3.26. The molecule has 30 heavy (non-hydrogen) atoms. The maximum Gasteiger partial charge on any atom is 0.256 e. The fourth-order valence-electron chi connectivity index (χ4n) is 4.98. The lowest BCUT2D eigenvalue weighted by Crippen LogP contribution is -2.31. The number of aliphatic hydroxyl groups excluding tert-OH is 1. The summed E-state index contributed by atoms with van der Waals surface area (Å²) in [5.41, 5.74) is 0.467. The molecule has 1 heterocycles. The van der Waals surface area contributed by atoms with Gasteiger partial charge in [-0.05, 0) is 29.5 Å². The zero-order valence-corrected chi connectivity index (χ0v) is 17.0. The van der Waals surface area contributed by atoms with Gasteiger partial charge in [0.15, 0.2) is 0 Å². The Labute approximate surface area is 174 Å². The molecule has 1 aliphatic carbocycles. The van der Waals surface area contributed by atoms with Crippen LogP contribution >= 0.6 is 0 Å². The fourth-order valence-corrected chi connectivity index (χ4v) is 4.98. The van der Waals surface area contributed by atoms with E-state index in [1.54, 1.807) is 6.07 Å². The molecule has 0 radical (unpaired) electrons. The van der Waals surface area contributed by atoms with Crippen LogP contribution in [0.4, 0.5) is 4.39 Å². The number of hydrogen-bond acceptors (Lipinski definition) is 4. The van der Waals surface area contributed by atoms with E-state index in [9.17, 15) is 19.1 Å². The van der Waals surface area contributed by atoms with Gasteiger partial charge in [-0.2, -0.15) is 0 Å². The largest absolute Gasteiger partial charge is 0.497 e. The molecule has 1 aliphatic heterocycles. The zero-order valence-electron chi connectivity index (χ0n) is 17.0. The molecule has 7 heteroatoms. The molecular formula is C23H25FN2O4. The van der Waals surface area contributed by atoms with Gasteiger partial charge in [0.2, 0.25) is 5.91 Å². The molecule has 2 fully saturated rings. The van der Waals surface area contributed by atoms with Gasteiger partial charge < -0.3 is 20.1 Å². The number of β-amino-alcohol motifs (C(OH)–C–C–N with tert-alkyl or cyclic N) is 1. The van der Waals surface area contributed by atoms with E-state index in [0.717, 1.165) is 5.56 Å². The molecule has 2 amide bonds. The summed E-state index contributed by atoms with van der Waals surface area (Å²) in [4.78, 5) is 26.0. The first kappa shape index (κ1) is 20.3. The number of nitrogens with zero attached hydrogens (tertiary/aromatic N) is 1. The summed E-state index contributed by atoms with van der Waals surface area (Å²) in [5, 5.41) is 13.8. The number of ether oxygens (including phenoxy) is 1. The van der Waals surface area contributed by atoms with E-state index >= 15 is 0 Å². The summed E-state index contributed by atoms with van der Waals surface area (Å²) in [7, 11) is 1.43. The molecule has 2 N–H and O–H groups in total. The summed E-state index contributed by atoms with van der Waals surface area (Å²) in [5.74, 6) is -0.896. The number of amides is 2. The number of methoxy groups -OCH3 is 1. The number of halogens is 1. The van der Waals surface area contributed by atoms with E-state index in [1.807, 2.05) is 30.3 Å². The van der Waals surface area contributed by atoms with Crippen LogP contribution in [0.2, 0.25) is 0 Å². The number of carbonyl (C=O) groups excluding carboxylic acids is 2. The van der Waals surface area contributed by atoms with E-state index in [0.29, 0.717) is 18.8 Å². The van der Waals surface area contributed by atoms with Gasteiger partial charge in [-0.3, -0.25) is 9.59 Å². The Kier molecular flexibility index (Phi) is 5.24. The Morgan fingerprint density at radius 2 is 2.00 bits per heavy atom. The molecular weight excluding hydrogens is 387 g/mol. The Bertz CT molecular complexity index is 967. The Balaban J connectivity index is 1.59. The van der Waals surface area contributed by atoms with Gasteiger partial charge in [0.1, 0.15) is 11.6 Å².